The van der Waals surface area contributed by atoms with Crippen molar-refractivity contribution in [1.29, 1.82) is 0 Å². The first kappa shape index (κ1) is 17.6. The van der Waals surface area contributed by atoms with Gasteiger partial charge in [-0.25, -0.2) is 0 Å². The number of hydrogen-bond acceptors (Lipinski definition) is 4. The summed E-state index contributed by atoms with van der Waals surface area (Å²) in [6.45, 7) is 8.69. The van der Waals surface area contributed by atoms with E-state index in [9.17, 15) is 5.21 Å². The van der Waals surface area contributed by atoms with E-state index in [4.69, 9.17) is 9.59 Å². The number of fused-ring (bicyclic) bond motifs is 1. The Bertz CT molecular complexity index is 460. The predicted molar refractivity (Wildman–Crippen MR) is 79.6 cm³/mol. The van der Waals surface area contributed by atoms with Crippen LogP contribution in [0.15, 0.2) is 24.3 Å². The Balaban J connectivity index is 0.000000677. The highest BCUT2D eigenvalue weighted by molar-refractivity contribution is 5.44. The van der Waals surface area contributed by atoms with Crippen molar-refractivity contribution in [2.45, 2.75) is 64.5 Å². The zero-order valence-corrected chi connectivity index (χ0v) is 13.3. The molecule has 0 saturated carbocycles. The Labute approximate surface area is 126 Å². The van der Waals surface area contributed by atoms with Crippen molar-refractivity contribution < 1.29 is 14.8 Å². The lowest BCUT2D eigenvalue weighted by Crippen LogP contribution is -2.48. The Morgan fingerprint density at radius 2 is 1.19 bits per heavy atom. The highest BCUT2D eigenvalue weighted by Crippen LogP contribution is 2.54. The van der Waals surface area contributed by atoms with Gasteiger partial charge >= 0.3 is 6.15 Å². The Morgan fingerprint density at radius 3 is 1.43 bits per heavy atom. The van der Waals surface area contributed by atoms with Crippen molar-refractivity contribution in [1.82, 2.24) is 5.06 Å². The SMILES string of the molecule is CCC1(CC)c2ccccc2C(CC)(CC)N1O.O=C=O. The average molecular weight is 291 g/mol. The van der Waals surface area contributed by atoms with Crippen LogP contribution in [0.3, 0.4) is 0 Å². The minimum Gasteiger partial charge on any atom is -0.312 e. The second-order valence-electron chi connectivity index (χ2n) is 5.42. The molecule has 2 rings (SSSR count). The fourth-order valence-electron chi connectivity index (χ4n) is 3.79. The molecular formula is C17H25NO3. The summed E-state index contributed by atoms with van der Waals surface area (Å²) in [5.41, 5.74) is 2.23. The van der Waals surface area contributed by atoms with Gasteiger partial charge in [0.05, 0.1) is 11.1 Å². The van der Waals surface area contributed by atoms with Crippen LogP contribution in [-0.2, 0) is 20.7 Å². The lowest BCUT2D eigenvalue weighted by atomic mass is 9.83. The van der Waals surface area contributed by atoms with E-state index in [1.165, 1.54) is 11.1 Å². The minimum atomic E-state index is -0.206. The number of benzene rings is 1. The summed E-state index contributed by atoms with van der Waals surface area (Å²) >= 11 is 0. The molecule has 0 amide bonds. The molecule has 1 aliphatic heterocycles. The van der Waals surface area contributed by atoms with Gasteiger partial charge in [-0.3, -0.25) is 0 Å². The molecule has 0 radical (unpaired) electrons. The topological polar surface area (TPSA) is 57.6 Å². The first-order chi connectivity index (χ1) is 10.0. The van der Waals surface area contributed by atoms with Crippen LogP contribution in [0.1, 0.15) is 64.5 Å². The molecular weight excluding hydrogens is 266 g/mol. The summed E-state index contributed by atoms with van der Waals surface area (Å²) < 4.78 is 0. The van der Waals surface area contributed by atoms with Gasteiger partial charge in [-0.2, -0.15) is 14.7 Å². The normalized spacial score (nSPS) is 18.3. The molecule has 116 valence electrons. The summed E-state index contributed by atoms with van der Waals surface area (Å²) in [5.74, 6) is 0. The number of nitrogens with zero attached hydrogens (tertiary/aromatic N) is 1. The summed E-state index contributed by atoms with van der Waals surface area (Å²) in [5, 5.41) is 12.6. The van der Waals surface area contributed by atoms with E-state index in [1.807, 2.05) is 0 Å². The van der Waals surface area contributed by atoms with Crippen molar-refractivity contribution in [2.75, 3.05) is 0 Å². The maximum Gasteiger partial charge on any atom is 0.373 e. The molecule has 1 aromatic rings. The van der Waals surface area contributed by atoms with E-state index in [2.05, 4.69) is 52.0 Å². The molecule has 1 heterocycles. The molecule has 4 heteroatoms. The van der Waals surface area contributed by atoms with E-state index >= 15 is 0 Å². The third-order valence-electron chi connectivity index (χ3n) is 5.08. The van der Waals surface area contributed by atoms with Crippen LogP contribution in [0.2, 0.25) is 0 Å². The molecule has 21 heavy (non-hydrogen) atoms. The second-order valence-corrected chi connectivity index (χ2v) is 5.42. The first-order valence-electron chi connectivity index (χ1n) is 7.63. The zero-order chi connectivity index (χ0) is 16.1. The van der Waals surface area contributed by atoms with Crippen LogP contribution >= 0.6 is 0 Å². The molecule has 0 atom stereocenters. The quantitative estimate of drug-likeness (QED) is 0.915. The third kappa shape index (κ3) is 2.44. The van der Waals surface area contributed by atoms with E-state index in [1.54, 1.807) is 5.06 Å². The Kier molecular flexibility index (Phi) is 5.85. The Morgan fingerprint density at radius 1 is 0.905 bits per heavy atom. The fraction of sp³-hybridized carbons (Fsp3) is 0.588. The maximum absolute atomic E-state index is 10.9. The van der Waals surface area contributed by atoms with Gasteiger partial charge in [0.1, 0.15) is 0 Å². The molecule has 0 spiro atoms. The van der Waals surface area contributed by atoms with Crippen LogP contribution in [-0.4, -0.2) is 16.4 Å². The zero-order valence-electron chi connectivity index (χ0n) is 13.3. The highest BCUT2D eigenvalue weighted by atomic mass is 16.5. The van der Waals surface area contributed by atoms with Gasteiger partial charge in [-0.1, -0.05) is 52.0 Å². The minimum absolute atomic E-state index is 0.206. The number of carbonyl (C=O) groups excluding carboxylic acids is 2. The lowest BCUT2D eigenvalue weighted by molar-refractivity contribution is -0.241. The fourth-order valence-corrected chi connectivity index (χ4v) is 3.79. The van der Waals surface area contributed by atoms with Gasteiger partial charge in [0.15, 0.2) is 0 Å². The predicted octanol–water partition coefficient (Wildman–Crippen LogP) is 3.84. The number of rotatable bonds is 4. The second kappa shape index (κ2) is 6.99. The summed E-state index contributed by atoms with van der Waals surface area (Å²) in [7, 11) is 0. The van der Waals surface area contributed by atoms with E-state index < -0.39 is 0 Å². The first-order valence-corrected chi connectivity index (χ1v) is 7.63. The van der Waals surface area contributed by atoms with E-state index in [0.717, 1.165) is 25.7 Å². The molecule has 0 saturated heterocycles. The van der Waals surface area contributed by atoms with Gasteiger partial charge in [0.2, 0.25) is 0 Å². The van der Waals surface area contributed by atoms with Crippen LogP contribution in [0.5, 0.6) is 0 Å². The average Bonchev–Trinajstić information content (AvgIpc) is 2.74. The van der Waals surface area contributed by atoms with Crippen molar-refractivity contribution in [3.8, 4) is 0 Å². The number of hydroxylamine groups is 2. The van der Waals surface area contributed by atoms with Crippen molar-refractivity contribution in [2.24, 2.45) is 0 Å². The van der Waals surface area contributed by atoms with Crippen molar-refractivity contribution in [3.63, 3.8) is 0 Å². The van der Waals surface area contributed by atoms with E-state index in [-0.39, 0.29) is 17.2 Å². The summed E-state index contributed by atoms with van der Waals surface area (Å²) in [6.07, 6.45) is 4.02. The summed E-state index contributed by atoms with van der Waals surface area (Å²) in [6, 6.07) is 8.57. The van der Waals surface area contributed by atoms with Crippen LogP contribution < -0.4 is 0 Å². The molecule has 0 fully saturated rings. The van der Waals surface area contributed by atoms with Gasteiger partial charge in [-0.15, -0.1) is 0 Å². The third-order valence-corrected chi connectivity index (χ3v) is 5.08. The molecule has 1 N–H and O–H groups in total. The van der Waals surface area contributed by atoms with Gasteiger partial charge < -0.3 is 5.21 Å². The molecule has 0 aliphatic carbocycles. The largest absolute Gasteiger partial charge is 0.373 e. The molecule has 1 aromatic carbocycles. The van der Waals surface area contributed by atoms with Gasteiger partial charge in [0.25, 0.3) is 0 Å². The highest BCUT2D eigenvalue weighted by Gasteiger charge is 2.54. The van der Waals surface area contributed by atoms with Crippen molar-refractivity contribution in [3.05, 3.63) is 35.4 Å². The van der Waals surface area contributed by atoms with Crippen LogP contribution in [0, 0.1) is 0 Å². The van der Waals surface area contributed by atoms with E-state index in [0.29, 0.717) is 0 Å². The smallest absolute Gasteiger partial charge is 0.312 e. The van der Waals surface area contributed by atoms with Gasteiger partial charge in [-0.05, 0) is 36.8 Å². The van der Waals surface area contributed by atoms with Crippen LogP contribution in [0.25, 0.3) is 0 Å². The molecule has 0 unspecified atom stereocenters. The van der Waals surface area contributed by atoms with Crippen LogP contribution in [0.4, 0.5) is 0 Å². The standard InChI is InChI=1S/C16H25NO.CO2/c1-5-15(6-2)13-11-9-10-12-14(13)16(7-3,8-4)17(15)18;2-1-3/h9-12,18H,5-8H2,1-4H3;. The Hall–Kier alpha value is -1.48. The summed E-state index contributed by atoms with van der Waals surface area (Å²) in [4.78, 5) is 16.2. The molecule has 1 aliphatic rings. The molecule has 0 bridgehead atoms. The lowest BCUT2D eigenvalue weighted by Gasteiger charge is -2.42. The molecule has 4 nitrogen and oxygen atoms in total. The monoisotopic (exact) mass is 291 g/mol. The molecule has 0 aromatic heterocycles. The maximum atomic E-state index is 10.9. The van der Waals surface area contributed by atoms with Crippen molar-refractivity contribution >= 4 is 6.15 Å². The van der Waals surface area contributed by atoms with Gasteiger partial charge in [0, 0.05) is 0 Å². The number of hydrogen-bond donors (Lipinski definition) is 1.